The van der Waals surface area contributed by atoms with Crippen molar-refractivity contribution >= 4 is 40.4 Å². The van der Waals surface area contributed by atoms with Crippen LogP contribution in [-0.2, 0) is 6.54 Å². The van der Waals surface area contributed by atoms with Gasteiger partial charge in [-0.05, 0) is 24.6 Å². The van der Waals surface area contributed by atoms with Gasteiger partial charge in [-0.15, -0.1) is 11.3 Å². The molecule has 7 heteroatoms. The third-order valence-corrected chi connectivity index (χ3v) is 4.95. The van der Waals surface area contributed by atoms with Gasteiger partial charge in [0.25, 0.3) is 5.91 Å². The van der Waals surface area contributed by atoms with Crippen LogP contribution in [0.15, 0.2) is 41.8 Å². The lowest BCUT2D eigenvalue weighted by molar-refractivity contribution is 0.0950. The number of carbonyl (C=O) groups excluding carboxylic acids is 1. The minimum absolute atomic E-state index is 0.0538. The molecule has 2 aromatic carbocycles. The van der Waals surface area contributed by atoms with E-state index >= 15 is 0 Å². The maximum Gasteiger partial charge on any atom is 0.253 e. The summed E-state index contributed by atoms with van der Waals surface area (Å²) >= 11 is 13.2. The highest BCUT2D eigenvalue weighted by Gasteiger charge is 2.14. The molecule has 3 aromatic rings. The Kier molecular flexibility index (Phi) is 5.37. The van der Waals surface area contributed by atoms with Crippen LogP contribution in [0.1, 0.15) is 20.9 Å². The van der Waals surface area contributed by atoms with Crippen LogP contribution in [0.3, 0.4) is 0 Å². The van der Waals surface area contributed by atoms with Gasteiger partial charge in [-0.25, -0.2) is 9.37 Å². The maximum atomic E-state index is 13.5. The van der Waals surface area contributed by atoms with Crippen LogP contribution in [0.25, 0.3) is 11.3 Å². The molecule has 0 aliphatic rings. The number of amides is 1. The molecule has 3 rings (SSSR count). The van der Waals surface area contributed by atoms with Crippen molar-refractivity contribution in [1.82, 2.24) is 10.3 Å². The molecule has 0 aliphatic carbocycles. The van der Waals surface area contributed by atoms with E-state index in [2.05, 4.69) is 10.3 Å². The summed E-state index contributed by atoms with van der Waals surface area (Å²) in [5.41, 5.74) is 2.91. The van der Waals surface area contributed by atoms with Gasteiger partial charge in [-0.2, -0.15) is 0 Å². The first-order valence-corrected chi connectivity index (χ1v) is 9.02. The molecule has 0 aliphatic heterocycles. The number of aromatic nitrogens is 1. The molecule has 0 bridgehead atoms. The largest absolute Gasteiger partial charge is 0.348 e. The number of thiazole rings is 1. The minimum Gasteiger partial charge on any atom is -0.348 e. The number of nitrogens with one attached hydrogen (secondary N) is 1. The molecule has 0 saturated carbocycles. The highest BCUT2D eigenvalue weighted by Crippen LogP contribution is 2.25. The predicted molar refractivity (Wildman–Crippen MR) is 99.9 cm³/mol. The molecule has 128 valence electrons. The molecule has 0 saturated heterocycles. The monoisotopic (exact) mass is 394 g/mol. The maximum absolute atomic E-state index is 13.5. The summed E-state index contributed by atoms with van der Waals surface area (Å²) in [5.74, 6) is -1.14. The van der Waals surface area contributed by atoms with Crippen molar-refractivity contribution in [2.45, 2.75) is 13.5 Å². The third-order valence-electron chi connectivity index (χ3n) is 3.58. The molecule has 1 N–H and O–H groups in total. The second-order valence-electron chi connectivity index (χ2n) is 5.38. The molecule has 0 atom stereocenters. The van der Waals surface area contributed by atoms with Gasteiger partial charge in [0.15, 0.2) is 0 Å². The van der Waals surface area contributed by atoms with E-state index in [-0.39, 0.29) is 15.6 Å². The molecule has 0 fully saturated rings. The summed E-state index contributed by atoms with van der Waals surface area (Å²) in [6.45, 7) is 2.26. The topological polar surface area (TPSA) is 42.0 Å². The van der Waals surface area contributed by atoms with Crippen LogP contribution in [0, 0.1) is 12.7 Å². The zero-order valence-electron chi connectivity index (χ0n) is 13.1. The van der Waals surface area contributed by atoms with E-state index < -0.39 is 11.7 Å². The standard InChI is InChI=1S/C18H13Cl2FN2OS/c1-10-23-17(9-25-10)12-4-2-11(3-5-12)8-22-18(24)13-6-16(21)15(20)7-14(13)19/h2-7,9H,8H2,1H3,(H,22,24). The van der Waals surface area contributed by atoms with Crippen LogP contribution in [0.5, 0.6) is 0 Å². The number of carbonyl (C=O) groups is 1. The van der Waals surface area contributed by atoms with E-state index in [0.717, 1.165) is 27.9 Å². The number of rotatable bonds is 4. The Bertz CT molecular complexity index is 925. The fourth-order valence-electron chi connectivity index (χ4n) is 2.26. The highest BCUT2D eigenvalue weighted by atomic mass is 35.5. The summed E-state index contributed by atoms with van der Waals surface area (Å²) in [6.07, 6.45) is 0. The van der Waals surface area contributed by atoms with Crippen molar-refractivity contribution in [2.75, 3.05) is 0 Å². The van der Waals surface area contributed by atoms with E-state index in [1.165, 1.54) is 6.07 Å². The first-order chi connectivity index (χ1) is 11.9. The van der Waals surface area contributed by atoms with E-state index in [1.54, 1.807) is 11.3 Å². The summed E-state index contributed by atoms with van der Waals surface area (Å²) in [6, 6.07) is 9.98. The van der Waals surface area contributed by atoms with Gasteiger partial charge in [0.1, 0.15) is 5.82 Å². The second kappa shape index (κ2) is 7.52. The predicted octanol–water partition coefficient (Wildman–Crippen LogP) is 5.49. The first kappa shape index (κ1) is 17.9. The number of hydrogen-bond acceptors (Lipinski definition) is 3. The molecule has 1 heterocycles. The number of aryl methyl sites for hydroxylation is 1. The van der Waals surface area contributed by atoms with Gasteiger partial charge in [-0.1, -0.05) is 47.5 Å². The molecule has 1 aromatic heterocycles. The van der Waals surface area contributed by atoms with Crippen LogP contribution < -0.4 is 5.32 Å². The molecule has 0 spiro atoms. The first-order valence-electron chi connectivity index (χ1n) is 7.38. The van der Waals surface area contributed by atoms with E-state index in [0.29, 0.717) is 6.54 Å². The van der Waals surface area contributed by atoms with Crippen molar-refractivity contribution in [3.63, 3.8) is 0 Å². The SMILES string of the molecule is Cc1nc(-c2ccc(CNC(=O)c3cc(F)c(Cl)cc3Cl)cc2)cs1. The summed E-state index contributed by atoms with van der Waals surface area (Å²) in [4.78, 5) is 16.6. The number of halogens is 3. The Morgan fingerprint density at radius 3 is 2.56 bits per heavy atom. The Morgan fingerprint density at radius 1 is 1.20 bits per heavy atom. The molecular weight excluding hydrogens is 382 g/mol. The Balaban J connectivity index is 1.67. The lowest BCUT2D eigenvalue weighted by atomic mass is 10.1. The van der Waals surface area contributed by atoms with Crippen molar-refractivity contribution in [3.05, 3.63) is 73.8 Å². The summed E-state index contributed by atoms with van der Waals surface area (Å²) < 4.78 is 13.5. The number of hydrogen-bond donors (Lipinski definition) is 1. The molecular formula is C18H13Cl2FN2OS. The van der Waals surface area contributed by atoms with E-state index in [4.69, 9.17) is 23.2 Å². The van der Waals surface area contributed by atoms with Crippen LogP contribution in [0.2, 0.25) is 10.0 Å². The number of nitrogens with zero attached hydrogens (tertiary/aromatic N) is 1. The van der Waals surface area contributed by atoms with Gasteiger partial charge in [0.2, 0.25) is 0 Å². The molecule has 1 amide bonds. The molecule has 0 radical (unpaired) electrons. The summed E-state index contributed by atoms with van der Waals surface area (Å²) in [7, 11) is 0. The third kappa shape index (κ3) is 4.18. The van der Waals surface area contributed by atoms with E-state index in [9.17, 15) is 9.18 Å². The van der Waals surface area contributed by atoms with Crippen molar-refractivity contribution in [1.29, 1.82) is 0 Å². The number of benzene rings is 2. The smallest absolute Gasteiger partial charge is 0.253 e. The van der Waals surface area contributed by atoms with Gasteiger partial charge in [-0.3, -0.25) is 4.79 Å². The van der Waals surface area contributed by atoms with Gasteiger partial charge >= 0.3 is 0 Å². The quantitative estimate of drug-likeness (QED) is 0.594. The second-order valence-corrected chi connectivity index (χ2v) is 7.25. The van der Waals surface area contributed by atoms with Gasteiger partial charge < -0.3 is 5.32 Å². The van der Waals surface area contributed by atoms with Crippen molar-refractivity contribution in [2.24, 2.45) is 0 Å². The van der Waals surface area contributed by atoms with Gasteiger partial charge in [0, 0.05) is 17.5 Å². The van der Waals surface area contributed by atoms with Crippen LogP contribution in [0.4, 0.5) is 4.39 Å². The Labute approximate surface area is 158 Å². The van der Waals surface area contributed by atoms with Crippen molar-refractivity contribution < 1.29 is 9.18 Å². The highest BCUT2D eigenvalue weighted by molar-refractivity contribution is 7.09. The van der Waals surface area contributed by atoms with Crippen molar-refractivity contribution in [3.8, 4) is 11.3 Å². The lowest BCUT2D eigenvalue weighted by Crippen LogP contribution is -2.23. The minimum atomic E-state index is -0.681. The lowest BCUT2D eigenvalue weighted by Gasteiger charge is -2.08. The zero-order chi connectivity index (χ0) is 18.0. The fourth-order valence-corrected chi connectivity index (χ4v) is 3.35. The molecule has 0 unspecified atom stereocenters. The van der Waals surface area contributed by atoms with Crippen LogP contribution in [-0.4, -0.2) is 10.9 Å². The average molecular weight is 395 g/mol. The van der Waals surface area contributed by atoms with E-state index in [1.807, 2.05) is 36.6 Å². The Hall–Kier alpha value is -1.95. The normalized spacial score (nSPS) is 10.7. The van der Waals surface area contributed by atoms with Crippen LogP contribution >= 0.6 is 34.5 Å². The average Bonchev–Trinajstić information content (AvgIpc) is 3.03. The fraction of sp³-hybridized carbons (Fsp3) is 0.111. The molecule has 3 nitrogen and oxygen atoms in total. The zero-order valence-corrected chi connectivity index (χ0v) is 15.5. The Morgan fingerprint density at radius 2 is 1.92 bits per heavy atom. The molecule has 25 heavy (non-hydrogen) atoms. The van der Waals surface area contributed by atoms with Gasteiger partial charge in [0.05, 0.1) is 26.3 Å². The summed E-state index contributed by atoms with van der Waals surface area (Å²) in [5, 5.41) is 5.73.